The van der Waals surface area contributed by atoms with Crippen molar-refractivity contribution >= 4 is 22.8 Å². The van der Waals surface area contributed by atoms with Crippen molar-refractivity contribution in [3.8, 4) is 0 Å². The molecule has 0 radical (unpaired) electrons. The van der Waals surface area contributed by atoms with Crippen molar-refractivity contribution in [2.24, 2.45) is 5.41 Å². The molecule has 102 valence electrons. The fourth-order valence-electron chi connectivity index (χ4n) is 3.17. The normalized spacial score (nSPS) is 26.1. The van der Waals surface area contributed by atoms with Crippen molar-refractivity contribution in [1.82, 2.24) is 15.3 Å². The SMILES string of the molecule is CNC1C(Sc2nc3ccccc3[nH]2)CCC1(C)C. The third kappa shape index (κ3) is 2.39. The molecule has 0 amide bonds. The number of thioether (sulfide) groups is 1. The highest BCUT2D eigenvalue weighted by atomic mass is 32.2. The molecule has 1 fully saturated rings. The van der Waals surface area contributed by atoms with E-state index in [4.69, 9.17) is 0 Å². The lowest BCUT2D eigenvalue weighted by Gasteiger charge is -2.29. The van der Waals surface area contributed by atoms with Gasteiger partial charge in [-0.3, -0.25) is 0 Å². The molecule has 0 spiro atoms. The molecule has 1 aromatic carbocycles. The third-order valence-corrected chi connectivity index (χ3v) is 5.46. The molecule has 3 nitrogen and oxygen atoms in total. The molecule has 2 atom stereocenters. The maximum absolute atomic E-state index is 4.67. The Morgan fingerprint density at radius 3 is 2.89 bits per heavy atom. The average Bonchev–Trinajstić information content (AvgIpc) is 2.90. The summed E-state index contributed by atoms with van der Waals surface area (Å²) in [6, 6.07) is 8.77. The van der Waals surface area contributed by atoms with E-state index < -0.39 is 0 Å². The topological polar surface area (TPSA) is 40.7 Å². The molecule has 1 heterocycles. The predicted molar refractivity (Wildman–Crippen MR) is 81.6 cm³/mol. The average molecular weight is 275 g/mol. The third-order valence-electron chi connectivity index (χ3n) is 4.23. The van der Waals surface area contributed by atoms with Crippen molar-refractivity contribution in [3.63, 3.8) is 0 Å². The van der Waals surface area contributed by atoms with Gasteiger partial charge in [-0.05, 0) is 37.4 Å². The van der Waals surface area contributed by atoms with Gasteiger partial charge in [-0.1, -0.05) is 37.7 Å². The number of hydrogen-bond donors (Lipinski definition) is 2. The Labute approximate surface area is 118 Å². The second-order valence-corrected chi connectivity index (χ2v) is 7.24. The van der Waals surface area contributed by atoms with E-state index >= 15 is 0 Å². The minimum absolute atomic E-state index is 0.373. The number of nitrogens with one attached hydrogen (secondary N) is 2. The highest BCUT2D eigenvalue weighted by molar-refractivity contribution is 7.99. The predicted octanol–water partition coefficient (Wildman–Crippen LogP) is 3.43. The zero-order valence-corrected chi connectivity index (χ0v) is 12.6. The van der Waals surface area contributed by atoms with Gasteiger partial charge in [-0.15, -0.1) is 0 Å². The van der Waals surface area contributed by atoms with Crippen molar-refractivity contribution in [1.29, 1.82) is 0 Å². The smallest absolute Gasteiger partial charge is 0.166 e. The first-order valence-corrected chi connectivity index (χ1v) is 7.77. The van der Waals surface area contributed by atoms with Crippen LogP contribution in [0.25, 0.3) is 11.0 Å². The number of imidazole rings is 1. The number of hydrogen-bond acceptors (Lipinski definition) is 3. The molecule has 1 aliphatic carbocycles. The molecule has 1 aromatic heterocycles. The Kier molecular flexibility index (Phi) is 3.31. The van der Waals surface area contributed by atoms with Crippen LogP contribution in [0.2, 0.25) is 0 Å². The maximum atomic E-state index is 4.67. The Morgan fingerprint density at radius 1 is 1.37 bits per heavy atom. The lowest BCUT2D eigenvalue weighted by atomic mass is 9.87. The molecule has 2 unspecified atom stereocenters. The van der Waals surface area contributed by atoms with Crippen molar-refractivity contribution < 1.29 is 0 Å². The van der Waals surface area contributed by atoms with Crippen LogP contribution in [0.5, 0.6) is 0 Å². The molecule has 0 saturated heterocycles. The zero-order valence-electron chi connectivity index (χ0n) is 11.7. The number of aromatic nitrogens is 2. The highest BCUT2D eigenvalue weighted by Crippen LogP contribution is 2.44. The van der Waals surface area contributed by atoms with Gasteiger partial charge in [-0.25, -0.2) is 4.98 Å². The lowest BCUT2D eigenvalue weighted by molar-refractivity contribution is 0.300. The maximum Gasteiger partial charge on any atom is 0.166 e. The number of aromatic amines is 1. The first-order chi connectivity index (χ1) is 9.10. The summed E-state index contributed by atoms with van der Waals surface area (Å²) in [5.41, 5.74) is 2.56. The number of rotatable bonds is 3. The van der Waals surface area contributed by atoms with E-state index in [1.54, 1.807) is 0 Å². The molecular formula is C15H21N3S. The van der Waals surface area contributed by atoms with Crippen LogP contribution in [0.15, 0.2) is 29.4 Å². The first kappa shape index (κ1) is 13.0. The van der Waals surface area contributed by atoms with Crippen LogP contribution in [0.4, 0.5) is 0 Å². The van der Waals surface area contributed by atoms with Gasteiger partial charge in [0.2, 0.25) is 0 Å². The van der Waals surface area contributed by atoms with Crippen LogP contribution in [-0.4, -0.2) is 28.3 Å². The van der Waals surface area contributed by atoms with Gasteiger partial charge in [0.1, 0.15) is 0 Å². The summed E-state index contributed by atoms with van der Waals surface area (Å²) in [5, 5.41) is 5.14. The van der Waals surface area contributed by atoms with Crippen molar-refractivity contribution in [2.45, 2.75) is 43.1 Å². The molecule has 0 bridgehead atoms. The van der Waals surface area contributed by atoms with E-state index in [-0.39, 0.29) is 0 Å². The minimum Gasteiger partial charge on any atom is -0.333 e. The van der Waals surface area contributed by atoms with Crippen LogP contribution in [0, 0.1) is 5.41 Å². The van der Waals surface area contributed by atoms with E-state index in [2.05, 4.69) is 48.3 Å². The van der Waals surface area contributed by atoms with Crippen LogP contribution in [-0.2, 0) is 0 Å². The number of para-hydroxylation sites is 2. The Bertz CT molecular complexity index is 543. The molecule has 0 aliphatic heterocycles. The lowest BCUT2D eigenvalue weighted by Crippen LogP contribution is -2.41. The fraction of sp³-hybridized carbons (Fsp3) is 0.533. The van der Waals surface area contributed by atoms with Gasteiger partial charge in [0.15, 0.2) is 5.16 Å². The number of H-pyrrole nitrogens is 1. The summed E-state index contributed by atoms with van der Waals surface area (Å²) in [6.07, 6.45) is 2.52. The second-order valence-electron chi connectivity index (χ2n) is 6.01. The van der Waals surface area contributed by atoms with Crippen LogP contribution in [0.3, 0.4) is 0 Å². The molecule has 3 rings (SSSR count). The van der Waals surface area contributed by atoms with Crippen molar-refractivity contribution in [2.75, 3.05) is 7.05 Å². The molecule has 19 heavy (non-hydrogen) atoms. The van der Waals surface area contributed by atoms with Crippen LogP contribution >= 0.6 is 11.8 Å². The fourth-order valence-corrected chi connectivity index (χ4v) is 4.65. The molecule has 2 N–H and O–H groups in total. The second kappa shape index (κ2) is 4.84. The summed E-state index contributed by atoms with van der Waals surface area (Å²) in [6.45, 7) is 4.71. The molecule has 4 heteroatoms. The summed E-state index contributed by atoms with van der Waals surface area (Å²) >= 11 is 1.88. The standard InChI is InChI=1S/C15H21N3S/c1-15(2)9-8-12(13(15)16-3)19-14-17-10-6-4-5-7-11(10)18-14/h4-7,12-13,16H,8-9H2,1-3H3,(H,17,18). The Hall–Kier alpha value is -1.00. The molecule has 1 saturated carbocycles. The molecule has 1 aliphatic rings. The number of benzene rings is 1. The minimum atomic E-state index is 0.373. The van der Waals surface area contributed by atoms with Crippen molar-refractivity contribution in [3.05, 3.63) is 24.3 Å². The van der Waals surface area contributed by atoms with E-state index in [1.165, 1.54) is 12.8 Å². The zero-order chi connectivity index (χ0) is 13.5. The van der Waals surface area contributed by atoms with Crippen LogP contribution < -0.4 is 5.32 Å². The summed E-state index contributed by atoms with van der Waals surface area (Å²) in [7, 11) is 2.07. The van der Waals surface area contributed by atoms with Gasteiger partial charge in [-0.2, -0.15) is 0 Å². The van der Waals surface area contributed by atoms with E-state index in [9.17, 15) is 0 Å². The largest absolute Gasteiger partial charge is 0.333 e. The van der Waals surface area contributed by atoms with Gasteiger partial charge < -0.3 is 10.3 Å². The quantitative estimate of drug-likeness (QED) is 0.901. The highest BCUT2D eigenvalue weighted by Gasteiger charge is 2.41. The number of fused-ring (bicyclic) bond motifs is 1. The van der Waals surface area contributed by atoms with E-state index in [0.717, 1.165) is 16.2 Å². The Balaban J connectivity index is 1.81. The monoisotopic (exact) mass is 275 g/mol. The van der Waals surface area contributed by atoms with Gasteiger partial charge in [0, 0.05) is 11.3 Å². The van der Waals surface area contributed by atoms with Gasteiger partial charge in [0.25, 0.3) is 0 Å². The van der Waals surface area contributed by atoms with Crippen LogP contribution in [0.1, 0.15) is 26.7 Å². The Morgan fingerprint density at radius 2 is 2.16 bits per heavy atom. The first-order valence-electron chi connectivity index (χ1n) is 6.89. The van der Waals surface area contributed by atoms with E-state index in [0.29, 0.717) is 16.7 Å². The summed E-state index contributed by atoms with van der Waals surface area (Å²) in [4.78, 5) is 8.09. The molecular weight excluding hydrogens is 254 g/mol. The molecule has 2 aromatic rings. The van der Waals surface area contributed by atoms with Gasteiger partial charge in [0.05, 0.1) is 11.0 Å². The van der Waals surface area contributed by atoms with Gasteiger partial charge >= 0.3 is 0 Å². The van der Waals surface area contributed by atoms with E-state index in [1.807, 2.05) is 23.9 Å². The summed E-state index contributed by atoms with van der Waals surface area (Å²) < 4.78 is 0. The summed E-state index contributed by atoms with van der Waals surface area (Å²) in [5.74, 6) is 0. The number of nitrogens with zero attached hydrogens (tertiary/aromatic N) is 1.